The predicted octanol–water partition coefficient (Wildman–Crippen LogP) is 2.37. The summed E-state index contributed by atoms with van der Waals surface area (Å²) in [5, 5.41) is 0. The van der Waals surface area contributed by atoms with Crippen LogP contribution in [0.5, 0.6) is 0 Å². The van der Waals surface area contributed by atoms with E-state index in [0.717, 1.165) is 18.4 Å². The Kier molecular flexibility index (Phi) is 3.72. The summed E-state index contributed by atoms with van der Waals surface area (Å²) in [5.41, 5.74) is 7.07. The van der Waals surface area contributed by atoms with Crippen molar-refractivity contribution in [1.29, 1.82) is 0 Å². The van der Waals surface area contributed by atoms with Crippen LogP contribution in [0.4, 0.5) is 5.69 Å². The molecule has 17 heavy (non-hydrogen) atoms. The van der Waals surface area contributed by atoms with Crippen LogP contribution in [0.2, 0.25) is 0 Å². The van der Waals surface area contributed by atoms with Crippen molar-refractivity contribution in [2.24, 2.45) is 5.92 Å². The van der Waals surface area contributed by atoms with Crippen molar-refractivity contribution in [2.75, 3.05) is 11.5 Å². The first-order valence-corrected chi connectivity index (χ1v) is 7.92. The number of hydrogen-bond acceptors (Lipinski definition) is 3. The molecule has 2 N–H and O–H groups in total. The van der Waals surface area contributed by atoms with Crippen LogP contribution in [-0.2, 0) is 15.6 Å². The first-order chi connectivity index (χ1) is 8.05. The second-order valence-corrected chi connectivity index (χ2v) is 7.06. The lowest BCUT2D eigenvalue weighted by atomic mass is 10.1. The van der Waals surface area contributed by atoms with Crippen LogP contribution >= 0.6 is 0 Å². The van der Waals surface area contributed by atoms with Gasteiger partial charge in [-0.1, -0.05) is 25.0 Å². The van der Waals surface area contributed by atoms with E-state index in [1.54, 1.807) is 24.3 Å². The molecule has 1 saturated carbocycles. The Labute approximate surface area is 103 Å². The maximum absolute atomic E-state index is 12.0. The Hall–Kier alpha value is -1.03. The number of nitrogens with two attached hydrogens (primary N) is 1. The van der Waals surface area contributed by atoms with E-state index >= 15 is 0 Å². The van der Waals surface area contributed by atoms with E-state index in [1.165, 1.54) is 12.8 Å². The summed E-state index contributed by atoms with van der Waals surface area (Å²) in [5.74, 6) is 0.870. The fourth-order valence-electron chi connectivity index (χ4n) is 2.46. The van der Waals surface area contributed by atoms with Crippen LogP contribution in [0.15, 0.2) is 24.3 Å². The number of hydrogen-bond donors (Lipinski definition) is 1. The van der Waals surface area contributed by atoms with Gasteiger partial charge in [0.15, 0.2) is 9.84 Å². The van der Waals surface area contributed by atoms with Crippen molar-refractivity contribution in [3.8, 4) is 0 Å². The third-order valence-electron chi connectivity index (χ3n) is 3.33. The fraction of sp³-hybridized carbons (Fsp3) is 0.538. The molecule has 2 rings (SSSR count). The maximum atomic E-state index is 12.0. The lowest BCUT2D eigenvalue weighted by Gasteiger charge is -2.10. The minimum atomic E-state index is -2.97. The van der Waals surface area contributed by atoms with E-state index in [2.05, 4.69) is 0 Å². The van der Waals surface area contributed by atoms with Gasteiger partial charge in [-0.3, -0.25) is 0 Å². The maximum Gasteiger partial charge on any atom is 0.154 e. The quantitative estimate of drug-likeness (QED) is 0.838. The van der Waals surface area contributed by atoms with E-state index in [0.29, 0.717) is 17.4 Å². The zero-order chi connectivity index (χ0) is 12.3. The molecule has 0 aliphatic heterocycles. The van der Waals surface area contributed by atoms with Gasteiger partial charge in [-0.25, -0.2) is 8.42 Å². The Bertz CT molecular complexity index is 459. The third-order valence-corrected chi connectivity index (χ3v) is 5.08. The second-order valence-electron chi connectivity index (χ2n) is 4.95. The Morgan fingerprint density at radius 1 is 1.12 bits per heavy atom. The molecule has 1 aliphatic rings. The summed E-state index contributed by atoms with van der Waals surface area (Å²) in [7, 11) is -2.97. The first-order valence-electron chi connectivity index (χ1n) is 6.10. The normalized spacial score (nSPS) is 17.4. The van der Waals surface area contributed by atoms with Crippen molar-refractivity contribution in [1.82, 2.24) is 0 Å². The molecule has 94 valence electrons. The van der Waals surface area contributed by atoms with Gasteiger partial charge in [-0.2, -0.15) is 0 Å². The molecular formula is C13H19NO2S. The van der Waals surface area contributed by atoms with E-state index in [-0.39, 0.29) is 5.75 Å². The molecule has 0 aromatic heterocycles. The molecule has 3 nitrogen and oxygen atoms in total. The highest BCUT2D eigenvalue weighted by molar-refractivity contribution is 7.90. The van der Waals surface area contributed by atoms with Gasteiger partial charge in [0.05, 0.1) is 11.5 Å². The number of sulfone groups is 1. The van der Waals surface area contributed by atoms with Crippen LogP contribution in [0.25, 0.3) is 0 Å². The van der Waals surface area contributed by atoms with E-state index in [4.69, 9.17) is 5.73 Å². The smallest absolute Gasteiger partial charge is 0.154 e. The van der Waals surface area contributed by atoms with Gasteiger partial charge < -0.3 is 5.73 Å². The predicted molar refractivity (Wildman–Crippen MR) is 70.3 cm³/mol. The molecule has 0 atom stereocenters. The molecule has 0 radical (unpaired) electrons. The number of rotatable bonds is 4. The monoisotopic (exact) mass is 253 g/mol. The Balaban J connectivity index is 1.98. The average molecular weight is 253 g/mol. The van der Waals surface area contributed by atoms with E-state index < -0.39 is 9.84 Å². The second kappa shape index (κ2) is 5.08. The van der Waals surface area contributed by atoms with Crippen molar-refractivity contribution in [3.05, 3.63) is 29.8 Å². The zero-order valence-corrected chi connectivity index (χ0v) is 10.7. The van der Waals surface area contributed by atoms with E-state index in [9.17, 15) is 8.42 Å². The first kappa shape index (κ1) is 12.4. The van der Waals surface area contributed by atoms with Gasteiger partial charge in [0.25, 0.3) is 0 Å². The molecule has 0 bridgehead atoms. The summed E-state index contributed by atoms with van der Waals surface area (Å²) in [4.78, 5) is 0. The molecule has 0 saturated heterocycles. The zero-order valence-electron chi connectivity index (χ0n) is 9.93. The summed E-state index contributed by atoms with van der Waals surface area (Å²) in [6.45, 7) is 0. The molecule has 0 unspecified atom stereocenters. The van der Waals surface area contributed by atoms with Gasteiger partial charge in [-0.15, -0.1) is 0 Å². The third kappa shape index (κ3) is 3.73. The van der Waals surface area contributed by atoms with Gasteiger partial charge in [0.2, 0.25) is 0 Å². The SMILES string of the molecule is Nc1ccc(CS(=O)(=O)CC2CCCC2)cc1. The number of benzene rings is 1. The minimum absolute atomic E-state index is 0.143. The molecule has 1 aliphatic carbocycles. The van der Waals surface area contributed by atoms with Gasteiger partial charge in [-0.05, 0) is 36.5 Å². The van der Waals surface area contributed by atoms with Gasteiger partial charge in [0, 0.05) is 5.69 Å². The van der Waals surface area contributed by atoms with Gasteiger partial charge in [0.1, 0.15) is 0 Å². The van der Waals surface area contributed by atoms with Crippen LogP contribution < -0.4 is 5.73 Å². The van der Waals surface area contributed by atoms with Crippen LogP contribution in [0.3, 0.4) is 0 Å². The molecule has 0 amide bonds. The largest absolute Gasteiger partial charge is 0.399 e. The summed E-state index contributed by atoms with van der Waals surface area (Å²) >= 11 is 0. The van der Waals surface area contributed by atoms with Crippen LogP contribution in [0, 0.1) is 5.92 Å². The highest BCUT2D eigenvalue weighted by atomic mass is 32.2. The topological polar surface area (TPSA) is 60.2 Å². The van der Waals surface area contributed by atoms with Gasteiger partial charge >= 0.3 is 0 Å². The molecule has 1 aromatic rings. The van der Waals surface area contributed by atoms with E-state index in [1.807, 2.05) is 0 Å². The molecule has 0 heterocycles. The van der Waals surface area contributed by atoms with Crippen LogP contribution in [-0.4, -0.2) is 14.2 Å². The summed E-state index contributed by atoms with van der Waals surface area (Å²) in [6.07, 6.45) is 4.51. The fourth-order valence-corrected chi connectivity index (χ4v) is 4.33. The molecule has 1 fully saturated rings. The highest BCUT2D eigenvalue weighted by Gasteiger charge is 2.22. The summed E-state index contributed by atoms with van der Waals surface area (Å²) in [6, 6.07) is 7.09. The van der Waals surface area contributed by atoms with Crippen molar-refractivity contribution in [3.63, 3.8) is 0 Å². The standard InChI is InChI=1S/C13H19NO2S/c14-13-7-5-12(6-8-13)10-17(15,16)9-11-3-1-2-4-11/h5-8,11H,1-4,9-10,14H2. The van der Waals surface area contributed by atoms with Crippen LogP contribution in [0.1, 0.15) is 31.2 Å². The molecule has 1 aromatic carbocycles. The highest BCUT2D eigenvalue weighted by Crippen LogP contribution is 2.26. The lowest BCUT2D eigenvalue weighted by Crippen LogP contribution is -2.15. The van der Waals surface area contributed by atoms with Crippen molar-refractivity contribution < 1.29 is 8.42 Å². The van der Waals surface area contributed by atoms with Crippen molar-refractivity contribution in [2.45, 2.75) is 31.4 Å². The van der Waals surface area contributed by atoms with Crippen molar-refractivity contribution >= 4 is 15.5 Å². The Morgan fingerprint density at radius 3 is 2.29 bits per heavy atom. The summed E-state index contributed by atoms with van der Waals surface area (Å²) < 4.78 is 24.0. The molecule has 0 spiro atoms. The Morgan fingerprint density at radius 2 is 1.71 bits per heavy atom. The average Bonchev–Trinajstić information content (AvgIpc) is 2.73. The number of nitrogen functional groups attached to an aromatic ring is 1. The lowest BCUT2D eigenvalue weighted by molar-refractivity contribution is 0.558. The molecular weight excluding hydrogens is 234 g/mol. The molecule has 4 heteroatoms. The minimum Gasteiger partial charge on any atom is -0.399 e. The number of anilines is 1.